The van der Waals surface area contributed by atoms with Crippen LogP contribution in [0.1, 0.15) is 37.7 Å². The van der Waals surface area contributed by atoms with Crippen LogP contribution in [-0.4, -0.2) is 44.2 Å². The third-order valence-corrected chi connectivity index (χ3v) is 11.8. The Morgan fingerprint density at radius 1 is 1.04 bits per heavy atom. The first kappa shape index (κ1) is 19.4. The SMILES string of the molecule is COc1cnc(N2CC3(CCC(c4ccccc4)([As](C)C)CC3)CC2=O)nc1. The molecule has 1 aromatic heterocycles. The van der Waals surface area contributed by atoms with E-state index in [1.54, 1.807) is 24.4 Å². The van der Waals surface area contributed by atoms with Crippen molar-refractivity contribution < 1.29 is 9.53 Å². The van der Waals surface area contributed by atoms with Crippen LogP contribution in [-0.2, 0) is 9.00 Å². The molecule has 1 amide bonds. The first-order valence-electron chi connectivity index (χ1n) is 9.87. The monoisotopic (exact) mass is 441 g/mol. The van der Waals surface area contributed by atoms with Crippen molar-refractivity contribution in [2.24, 2.45) is 5.41 Å². The number of ether oxygens (including phenoxy) is 1. The molecule has 1 saturated heterocycles. The second-order valence-corrected chi connectivity index (χ2v) is 13.9. The summed E-state index contributed by atoms with van der Waals surface area (Å²) >= 11 is -0.986. The first-order chi connectivity index (χ1) is 13.5. The number of carbonyl (C=O) groups is 1. The van der Waals surface area contributed by atoms with Gasteiger partial charge in [0.2, 0.25) is 0 Å². The van der Waals surface area contributed by atoms with Gasteiger partial charge in [0.05, 0.1) is 0 Å². The third kappa shape index (κ3) is 3.34. The number of nitrogens with zero attached hydrogens (tertiary/aromatic N) is 3. The van der Waals surface area contributed by atoms with Crippen molar-refractivity contribution >= 4 is 26.5 Å². The minimum atomic E-state index is -0.986. The van der Waals surface area contributed by atoms with Crippen LogP contribution >= 0.6 is 0 Å². The summed E-state index contributed by atoms with van der Waals surface area (Å²) in [6.07, 6.45) is 8.47. The zero-order valence-electron chi connectivity index (χ0n) is 16.9. The van der Waals surface area contributed by atoms with Crippen LogP contribution in [0, 0.1) is 5.41 Å². The van der Waals surface area contributed by atoms with E-state index in [0.717, 1.165) is 19.4 Å². The van der Waals surface area contributed by atoms with Gasteiger partial charge in [-0.05, 0) is 0 Å². The van der Waals surface area contributed by atoms with E-state index in [9.17, 15) is 4.79 Å². The zero-order valence-corrected chi connectivity index (χ0v) is 18.8. The molecule has 2 aliphatic rings. The van der Waals surface area contributed by atoms with Gasteiger partial charge in [0.25, 0.3) is 0 Å². The van der Waals surface area contributed by atoms with E-state index in [0.29, 0.717) is 22.3 Å². The molecule has 2 heterocycles. The average Bonchev–Trinajstić information content (AvgIpc) is 3.05. The van der Waals surface area contributed by atoms with E-state index >= 15 is 0 Å². The predicted molar refractivity (Wildman–Crippen MR) is 112 cm³/mol. The van der Waals surface area contributed by atoms with E-state index in [1.165, 1.54) is 18.4 Å². The number of methoxy groups -OCH3 is 1. The van der Waals surface area contributed by atoms with Gasteiger partial charge in [-0.1, -0.05) is 0 Å². The second kappa shape index (κ2) is 7.51. The summed E-state index contributed by atoms with van der Waals surface area (Å²) in [4.78, 5) is 23.3. The second-order valence-electron chi connectivity index (χ2n) is 8.37. The third-order valence-electron chi connectivity index (χ3n) is 6.72. The van der Waals surface area contributed by atoms with Gasteiger partial charge in [-0.2, -0.15) is 0 Å². The number of carbonyl (C=O) groups excluding carboxylic acids is 1. The van der Waals surface area contributed by atoms with Crippen molar-refractivity contribution in [3.63, 3.8) is 0 Å². The van der Waals surface area contributed by atoms with E-state index in [1.807, 2.05) is 0 Å². The number of amides is 1. The number of anilines is 1. The summed E-state index contributed by atoms with van der Waals surface area (Å²) in [5.41, 5.74) is 6.54. The summed E-state index contributed by atoms with van der Waals surface area (Å²) in [5, 5.41) is 0. The summed E-state index contributed by atoms with van der Waals surface area (Å²) < 4.78 is 5.49. The molecule has 28 heavy (non-hydrogen) atoms. The number of hydrogen-bond donors (Lipinski definition) is 0. The molecule has 0 atom stereocenters. The average molecular weight is 441 g/mol. The Morgan fingerprint density at radius 2 is 1.68 bits per heavy atom. The summed E-state index contributed by atoms with van der Waals surface area (Å²) in [6, 6.07) is 11.1. The predicted octanol–water partition coefficient (Wildman–Crippen LogP) is 4.01. The fraction of sp³-hybridized carbons (Fsp3) is 0.500. The fourth-order valence-corrected chi connectivity index (χ4v) is 8.65. The van der Waals surface area contributed by atoms with Crippen LogP contribution in [0.2, 0.25) is 11.4 Å². The van der Waals surface area contributed by atoms with E-state index in [2.05, 4.69) is 51.7 Å². The van der Waals surface area contributed by atoms with Crippen LogP contribution in [0.3, 0.4) is 0 Å². The van der Waals surface area contributed by atoms with E-state index in [-0.39, 0.29) is 11.3 Å². The summed E-state index contributed by atoms with van der Waals surface area (Å²) in [7, 11) is 1.59. The van der Waals surface area contributed by atoms with Crippen molar-refractivity contribution in [3.05, 3.63) is 48.3 Å². The van der Waals surface area contributed by atoms with E-state index < -0.39 is 14.7 Å². The molecule has 1 saturated carbocycles. The van der Waals surface area contributed by atoms with Gasteiger partial charge >= 0.3 is 172 Å². The van der Waals surface area contributed by atoms with Crippen molar-refractivity contribution in [2.75, 3.05) is 18.6 Å². The molecule has 6 heteroatoms. The van der Waals surface area contributed by atoms with Crippen molar-refractivity contribution in [1.29, 1.82) is 0 Å². The zero-order chi connectivity index (χ0) is 19.8. The quantitative estimate of drug-likeness (QED) is 0.673. The molecule has 0 unspecified atom stereocenters. The molecule has 1 aromatic carbocycles. The van der Waals surface area contributed by atoms with Gasteiger partial charge in [0.15, 0.2) is 0 Å². The normalized spacial score (nSPS) is 27.6. The van der Waals surface area contributed by atoms with Crippen LogP contribution in [0.15, 0.2) is 42.7 Å². The molecule has 148 valence electrons. The van der Waals surface area contributed by atoms with Crippen LogP contribution < -0.4 is 9.64 Å². The summed E-state index contributed by atoms with van der Waals surface area (Å²) in [5.74, 6) is 1.26. The number of benzene rings is 1. The molecule has 5 nitrogen and oxygen atoms in total. The van der Waals surface area contributed by atoms with Crippen LogP contribution in [0.4, 0.5) is 5.95 Å². The molecule has 1 spiro atoms. The molecule has 2 fully saturated rings. The van der Waals surface area contributed by atoms with Crippen molar-refractivity contribution in [3.8, 4) is 5.75 Å². The molecule has 1 aliphatic heterocycles. The van der Waals surface area contributed by atoms with Crippen molar-refractivity contribution in [1.82, 2.24) is 9.97 Å². The van der Waals surface area contributed by atoms with Gasteiger partial charge in [0.1, 0.15) is 0 Å². The first-order valence-corrected chi connectivity index (χ1v) is 14.6. The molecule has 0 bridgehead atoms. The number of rotatable bonds is 4. The molecular weight excluding hydrogens is 413 g/mol. The van der Waals surface area contributed by atoms with Gasteiger partial charge in [-0.15, -0.1) is 0 Å². The molecule has 0 N–H and O–H groups in total. The topological polar surface area (TPSA) is 55.3 Å². The van der Waals surface area contributed by atoms with Gasteiger partial charge in [0, 0.05) is 0 Å². The minimum absolute atomic E-state index is 0.0725. The van der Waals surface area contributed by atoms with Gasteiger partial charge in [-0.25, -0.2) is 0 Å². The molecule has 2 aromatic rings. The Kier molecular flexibility index (Phi) is 5.22. The Bertz CT molecular complexity index is 831. The van der Waals surface area contributed by atoms with Gasteiger partial charge < -0.3 is 0 Å². The Balaban J connectivity index is 1.53. The molecular formula is C22H28AsN3O2. The summed E-state index contributed by atoms with van der Waals surface area (Å²) in [6.45, 7) is 0.740. The van der Waals surface area contributed by atoms with Gasteiger partial charge in [-0.3, -0.25) is 0 Å². The van der Waals surface area contributed by atoms with Crippen molar-refractivity contribution in [2.45, 2.75) is 47.7 Å². The molecule has 0 radical (unpaired) electrons. The standard InChI is InChI=1S/C22H28AsN3O2/c1-23(2)22(17-7-5-4-6-8-17)11-9-21(10-12-22)13-19(27)26(16-21)20-24-14-18(28-3)15-25-20/h4-8,14-15H,9-13,16H2,1-3H3. The van der Waals surface area contributed by atoms with E-state index in [4.69, 9.17) is 4.74 Å². The Labute approximate surface area is 171 Å². The number of aromatic nitrogens is 2. The van der Waals surface area contributed by atoms with Crippen LogP contribution in [0.25, 0.3) is 0 Å². The maximum absolute atomic E-state index is 12.8. The molecule has 1 aliphatic carbocycles. The Morgan fingerprint density at radius 3 is 2.25 bits per heavy atom. The number of hydrogen-bond acceptors (Lipinski definition) is 4. The fourth-order valence-electron chi connectivity index (χ4n) is 4.90. The Hall–Kier alpha value is -1.87. The van der Waals surface area contributed by atoms with Crippen LogP contribution in [0.5, 0.6) is 5.75 Å². The molecule has 4 rings (SSSR count). The maximum atomic E-state index is 12.8.